The molecule has 3 N–H and O–H groups in total. The molecule has 0 atom stereocenters. The average Bonchev–Trinajstić information content (AvgIpc) is 2.31. The van der Waals surface area contributed by atoms with Crippen LogP contribution in [0.5, 0.6) is 11.5 Å². The van der Waals surface area contributed by atoms with Gasteiger partial charge in [0, 0.05) is 0 Å². The fourth-order valence-corrected chi connectivity index (χ4v) is 1.39. The minimum absolute atomic E-state index is 0.0650. The summed E-state index contributed by atoms with van der Waals surface area (Å²) in [7, 11) is 0. The van der Waals surface area contributed by atoms with Gasteiger partial charge in [-0.15, -0.1) is 0 Å². The summed E-state index contributed by atoms with van der Waals surface area (Å²) in [6.45, 7) is 6.33. The van der Waals surface area contributed by atoms with Crippen LogP contribution in [0.4, 0.5) is 4.79 Å². The number of ether oxygens (including phenoxy) is 2. The summed E-state index contributed by atoms with van der Waals surface area (Å²) in [6, 6.07) is 4.69. The topological polar surface area (TPSA) is 85.9 Å². The number of hydrogen-bond acceptors (Lipinski definition) is 4. The fourth-order valence-electron chi connectivity index (χ4n) is 1.39. The maximum Gasteiger partial charge on any atom is 0.332 e. The Morgan fingerprint density at radius 2 is 2.21 bits per heavy atom. The van der Waals surface area contributed by atoms with Crippen LogP contribution in [-0.4, -0.2) is 25.0 Å². The summed E-state index contributed by atoms with van der Waals surface area (Å²) >= 11 is 0. The summed E-state index contributed by atoms with van der Waals surface area (Å²) in [5.74, 6) is 1.32. The standard InChI is InChI=1S/C13H19N3O3/c1-4-18-12-7-10(8-15-16-13(14)17)5-6-11(12)19-9(2)3/h5-9H,4H2,1-3H3,(H3,14,16,17)/b15-8+. The number of hydrogen-bond donors (Lipinski definition) is 2. The number of hydrazone groups is 1. The molecule has 104 valence electrons. The number of nitrogens with one attached hydrogen (secondary N) is 1. The van der Waals surface area contributed by atoms with Gasteiger partial charge in [-0.1, -0.05) is 0 Å². The summed E-state index contributed by atoms with van der Waals surface area (Å²) in [5, 5.41) is 3.69. The van der Waals surface area contributed by atoms with Crippen molar-refractivity contribution in [3.63, 3.8) is 0 Å². The summed E-state index contributed by atoms with van der Waals surface area (Å²) in [5.41, 5.74) is 7.80. The molecule has 1 aromatic carbocycles. The van der Waals surface area contributed by atoms with Gasteiger partial charge in [0.15, 0.2) is 11.5 Å². The Labute approximate surface area is 112 Å². The Balaban J connectivity index is 2.88. The number of nitrogens with zero attached hydrogens (tertiary/aromatic N) is 1. The summed E-state index contributed by atoms with van der Waals surface area (Å²) in [6.07, 6.45) is 1.54. The van der Waals surface area contributed by atoms with Crippen molar-refractivity contribution in [3.05, 3.63) is 23.8 Å². The minimum Gasteiger partial charge on any atom is -0.490 e. The molecule has 0 heterocycles. The SMILES string of the molecule is CCOc1cc(/C=N/NC(N)=O)ccc1OC(C)C. The molecule has 0 aliphatic heterocycles. The van der Waals surface area contributed by atoms with E-state index in [1.54, 1.807) is 12.1 Å². The first-order valence-electron chi connectivity index (χ1n) is 6.05. The zero-order valence-corrected chi connectivity index (χ0v) is 11.3. The molecule has 0 saturated heterocycles. The van der Waals surface area contributed by atoms with Crippen molar-refractivity contribution in [1.82, 2.24) is 5.43 Å². The molecule has 0 aromatic heterocycles. The molecule has 0 fully saturated rings. The molecule has 0 bridgehead atoms. The highest BCUT2D eigenvalue weighted by Crippen LogP contribution is 2.28. The predicted octanol–water partition coefficient (Wildman–Crippen LogP) is 1.87. The van der Waals surface area contributed by atoms with E-state index >= 15 is 0 Å². The Hall–Kier alpha value is -2.24. The first kappa shape index (κ1) is 14.8. The van der Waals surface area contributed by atoms with E-state index in [1.165, 1.54) is 6.21 Å². The molecule has 0 spiro atoms. The number of benzene rings is 1. The quantitative estimate of drug-likeness (QED) is 0.608. The largest absolute Gasteiger partial charge is 0.490 e. The molecular weight excluding hydrogens is 246 g/mol. The van der Waals surface area contributed by atoms with Gasteiger partial charge >= 0.3 is 6.03 Å². The molecule has 0 aliphatic rings. The van der Waals surface area contributed by atoms with Gasteiger partial charge in [0.05, 0.1) is 18.9 Å². The van der Waals surface area contributed by atoms with Gasteiger partial charge in [-0.2, -0.15) is 5.10 Å². The van der Waals surface area contributed by atoms with Crippen molar-refractivity contribution in [2.75, 3.05) is 6.61 Å². The van der Waals surface area contributed by atoms with Crippen LogP contribution in [0.3, 0.4) is 0 Å². The smallest absolute Gasteiger partial charge is 0.332 e. The second-order valence-corrected chi connectivity index (χ2v) is 4.04. The zero-order valence-electron chi connectivity index (χ0n) is 11.3. The van der Waals surface area contributed by atoms with Crippen molar-refractivity contribution in [1.29, 1.82) is 0 Å². The molecule has 6 nitrogen and oxygen atoms in total. The maximum atomic E-state index is 10.5. The third-order valence-corrected chi connectivity index (χ3v) is 2.02. The lowest BCUT2D eigenvalue weighted by atomic mass is 10.2. The third kappa shape index (κ3) is 5.29. The number of primary amides is 1. The molecule has 19 heavy (non-hydrogen) atoms. The van der Waals surface area contributed by atoms with E-state index in [0.29, 0.717) is 18.1 Å². The number of amides is 2. The van der Waals surface area contributed by atoms with Gasteiger partial charge in [0.25, 0.3) is 0 Å². The number of urea groups is 1. The van der Waals surface area contributed by atoms with E-state index < -0.39 is 6.03 Å². The number of carbonyl (C=O) groups is 1. The average molecular weight is 265 g/mol. The van der Waals surface area contributed by atoms with Gasteiger partial charge in [0.2, 0.25) is 0 Å². The van der Waals surface area contributed by atoms with E-state index in [2.05, 4.69) is 10.5 Å². The maximum absolute atomic E-state index is 10.5. The van der Waals surface area contributed by atoms with Crippen molar-refractivity contribution in [2.24, 2.45) is 10.8 Å². The minimum atomic E-state index is -0.707. The zero-order chi connectivity index (χ0) is 14.3. The lowest BCUT2D eigenvalue weighted by molar-refractivity contribution is 0.224. The van der Waals surface area contributed by atoms with Crippen molar-refractivity contribution in [3.8, 4) is 11.5 Å². The number of nitrogens with two attached hydrogens (primary N) is 1. The Bertz CT molecular complexity index is 458. The van der Waals surface area contributed by atoms with Gasteiger partial charge in [-0.05, 0) is 44.5 Å². The molecule has 0 saturated carbocycles. The van der Waals surface area contributed by atoms with Gasteiger partial charge in [-0.3, -0.25) is 0 Å². The summed E-state index contributed by atoms with van der Waals surface area (Å²) < 4.78 is 11.1. The van der Waals surface area contributed by atoms with E-state index in [4.69, 9.17) is 15.2 Å². The Morgan fingerprint density at radius 1 is 1.47 bits per heavy atom. The van der Waals surface area contributed by atoms with E-state index in [1.807, 2.05) is 26.8 Å². The van der Waals surface area contributed by atoms with Crippen LogP contribution in [0.15, 0.2) is 23.3 Å². The molecule has 2 amide bonds. The Kier molecular flexibility index (Phi) is 5.66. The van der Waals surface area contributed by atoms with Crippen LogP contribution in [-0.2, 0) is 0 Å². The first-order valence-corrected chi connectivity index (χ1v) is 6.05. The lowest BCUT2D eigenvalue weighted by Crippen LogP contribution is -2.24. The first-order chi connectivity index (χ1) is 9.02. The molecular formula is C13H19N3O3. The molecule has 1 aromatic rings. The summed E-state index contributed by atoms with van der Waals surface area (Å²) in [4.78, 5) is 10.5. The Morgan fingerprint density at radius 3 is 2.79 bits per heavy atom. The predicted molar refractivity (Wildman–Crippen MR) is 73.7 cm³/mol. The highest BCUT2D eigenvalue weighted by Gasteiger charge is 2.07. The fraction of sp³-hybridized carbons (Fsp3) is 0.385. The van der Waals surface area contributed by atoms with Crippen LogP contribution in [0.25, 0.3) is 0 Å². The van der Waals surface area contributed by atoms with Crippen LogP contribution in [0, 0.1) is 0 Å². The lowest BCUT2D eigenvalue weighted by Gasteiger charge is -2.14. The van der Waals surface area contributed by atoms with Crippen molar-refractivity contribution >= 4 is 12.2 Å². The molecule has 1 rings (SSSR count). The van der Waals surface area contributed by atoms with Crippen LogP contribution in [0.1, 0.15) is 26.3 Å². The molecule has 0 aliphatic carbocycles. The second kappa shape index (κ2) is 7.25. The van der Waals surface area contributed by atoms with Gasteiger partial charge in [-0.25, -0.2) is 10.2 Å². The normalized spacial score (nSPS) is 10.7. The highest BCUT2D eigenvalue weighted by molar-refractivity contribution is 5.82. The van der Waals surface area contributed by atoms with E-state index in [-0.39, 0.29) is 6.10 Å². The van der Waals surface area contributed by atoms with Crippen LogP contribution in [0.2, 0.25) is 0 Å². The van der Waals surface area contributed by atoms with Crippen molar-refractivity contribution < 1.29 is 14.3 Å². The van der Waals surface area contributed by atoms with Crippen LogP contribution < -0.4 is 20.6 Å². The number of rotatable bonds is 6. The molecule has 6 heteroatoms. The van der Waals surface area contributed by atoms with Gasteiger partial charge in [0.1, 0.15) is 0 Å². The second-order valence-electron chi connectivity index (χ2n) is 4.04. The number of carbonyl (C=O) groups excluding carboxylic acids is 1. The third-order valence-electron chi connectivity index (χ3n) is 2.02. The monoisotopic (exact) mass is 265 g/mol. The van der Waals surface area contributed by atoms with E-state index in [9.17, 15) is 4.79 Å². The highest BCUT2D eigenvalue weighted by atomic mass is 16.5. The molecule has 0 radical (unpaired) electrons. The van der Waals surface area contributed by atoms with Gasteiger partial charge < -0.3 is 15.2 Å². The van der Waals surface area contributed by atoms with Crippen molar-refractivity contribution in [2.45, 2.75) is 26.9 Å². The van der Waals surface area contributed by atoms with Crippen LogP contribution >= 0.6 is 0 Å². The van der Waals surface area contributed by atoms with E-state index in [0.717, 1.165) is 5.56 Å². The molecule has 0 unspecified atom stereocenters.